The molecule has 0 saturated carbocycles. The lowest BCUT2D eigenvalue weighted by molar-refractivity contribution is 0.0937. The predicted octanol–water partition coefficient (Wildman–Crippen LogP) is -1.56. The molecule has 0 bridgehead atoms. The molecule has 1 saturated heterocycles. The lowest BCUT2D eigenvalue weighted by Gasteiger charge is -2.26. The van der Waals surface area contributed by atoms with Gasteiger partial charge in [0, 0.05) is 39.3 Å². The van der Waals surface area contributed by atoms with E-state index in [0.717, 1.165) is 32.7 Å². The van der Waals surface area contributed by atoms with Crippen molar-refractivity contribution in [2.45, 2.75) is 0 Å². The van der Waals surface area contributed by atoms with Gasteiger partial charge in [0.15, 0.2) is 0 Å². The lowest BCUT2D eigenvalue weighted by atomic mass is 10.3. The maximum absolute atomic E-state index is 11.5. The van der Waals surface area contributed by atoms with Gasteiger partial charge in [-0.1, -0.05) is 0 Å². The van der Waals surface area contributed by atoms with Crippen LogP contribution in [0.1, 0.15) is 10.6 Å². The van der Waals surface area contributed by atoms with Crippen LogP contribution in [0, 0.1) is 0 Å². The second-order valence-electron chi connectivity index (χ2n) is 3.68. The van der Waals surface area contributed by atoms with Crippen molar-refractivity contribution in [1.29, 1.82) is 0 Å². The molecule has 3 N–H and O–H groups in total. The van der Waals surface area contributed by atoms with E-state index >= 15 is 0 Å². The Bertz CT molecular complexity index is 319. The van der Waals surface area contributed by atoms with Gasteiger partial charge in [-0.05, 0) is 0 Å². The van der Waals surface area contributed by atoms with E-state index in [1.54, 1.807) is 0 Å². The normalized spacial score (nSPS) is 17.2. The smallest absolute Gasteiger partial charge is 0.288 e. The maximum Gasteiger partial charge on any atom is 0.288 e. The fourth-order valence-corrected chi connectivity index (χ4v) is 1.66. The third kappa shape index (κ3) is 3.01. The molecule has 1 aromatic rings. The van der Waals surface area contributed by atoms with E-state index in [4.69, 9.17) is 0 Å². The Morgan fingerprint density at radius 3 is 3.00 bits per heavy atom. The number of nitrogens with zero attached hydrogens (tertiary/aromatic N) is 3. The van der Waals surface area contributed by atoms with Crippen molar-refractivity contribution in [3.8, 4) is 0 Å². The maximum atomic E-state index is 11.5. The first-order valence-electron chi connectivity index (χ1n) is 5.43. The van der Waals surface area contributed by atoms with Gasteiger partial charge in [0.1, 0.15) is 6.33 Å². The number of nitrogens with one attached hydrogen (secondary N) is 3. The van der Waals surface area contributed by atoms with Crippen LogP contribution in [-0.2, 0) is 0 Å². The molecule has 7 nitrogen and oxygen atoms in total. The number of hydrogen-bond donors (Lipinski definition) is 3. The highest BCUT2D eigenvalue weighted by molar-refractivity contribution is 5.90. The van der Waals surface area contributed by atoms with E-state index in [-0.39, 0.29) is 11.7 Å². The molecule has 1 aromatic heterocycles. The Kier molecular flexibility index (Phi) is 3.84. The Morgan fingerprint density at radius 2 is 2.31 bits per heavy atom. The number of aromatic nitrogens is 3. The summed E-state index contributed by atoms with van der Waals surface area (Å²) in [7, 11) is 0. The molecule has 1 aliphatic rings. The number of hydrogen-bond acceptors (Lipinski definition) is 5. The Balaban J connectivity index is 1.66. The highest BCUT2D eigenvalue weighted by atomic mass is 16.2. The first-order chi connectivity index (χ1) is 7.86. The monoisotopic (exact) mass is 224 g/mol. The van der Waals surface area contributed by atoms with Gasteiger partial charge in [0.25, 0.3) is 5.91 Å². The fourth-order valence-electron chi connectivity index (χ4n) is 1.66. The summed E-state index contributed by atoms with van der Waals surface area (Å²) in [6.07, 6.45) is 1.32. The van der Waals surface area contributed by atoms with Crippen molar-refractivity contribution in [2.24, 2.45) is 0 Å². The summed E-state index contributed by atoms with van der Waals surface area (Å²) in [4.78, 5) is 17.6. The van der Waals surface area contributed by atoms with Crippen LogP contribution >= 0.6 is 0 Å². The predicted molar refractivity (Wildman–Crippen MR) is 58.0 cm³/mol. The molecule has 0 radical (unpaired) electrons. The van der Waals surface area contributed by atoms with Gasteiger partial charge in [-0.15, -0.1) is 0 Å². The molecule has 7 heteroatoms. The van der Waals surface area contributed by atoms with Gasteiger partial charge in [-0.2, -0.15) is 5.10 Å². The molecule has 0 aromatic carbocycles. The van der Waals surface area contributed by atoms with Crippen molar-refractivity contribution in [1.82, 2.24) is 30.7 Å². The second kappa shape index (κ2) is 5.57. The average Bonchev–Trinajstić information content (AvgIpc) is 2.84. The van der Waals surface area contributed by atoms with E-state index in [2.05, 4.69) is 30.7 Å². The van der Waals surface area contributed by atoms with E-state index < -0.39 is 0 Å². The molecular formula is C9H16N6O. The summed E-state index contributed by atoms with van der Waals surface area (Å²) < 4.78 is 0. The molecule has 1 fully saturated rings. The molecule has 2 rings (SSSR count). The molecule has 16 heavy (non-hydrogen) atoms. The van der Waals surface area contributed by atoms with Crippen LogP contribution in [0.5, 0.6) is 0 Å². The minimum absolute atomic E-state index is 0.201. The summed E-state index contributed by atoms with van der Waals surface area (Å²) in [5.41, 5.74) is 0. The minimum Gasteiger partial charge on any atom is -0.348 e. The summed E-state index contributed by atoms with van der Waals surface area (Å²) >= 11 is 0. The van der Waals surface area contributed by atoms with E-state index in [9.17, 15) is 4.79 Å². The average molecular weight is 224 g/mol. The minimum atomic E-state index is -0.201. The molecule has 0 aliphatic carbocycles. The molecular weight excluding hydrogens is 208 g/mol. The highest BCUT2D eigenvalue weighted by Gasteiger charge is 2.11. The zero-order chi connectivity index (χ0) is 11.2. The van der Waals surface area contributed by atoms with Gasteiger partial charge in [-0.25, -0.2) is 4.98 Å². The van der Waals surface area contributed by atoms with Crippen molar-refractivity contribution in [3.63, 3.8) is 0 Å². The second-order valence-corrected chi connectivity index (χ2v) is 3.68. The Labute approximate surface area is 93.6 Å². The highest BCUT2D eigenvalue weighted by Crippen LogP contribution is 1.90. The zero-order valence-corrected chi connectivity index (χ0v) is 9.07. The van der Waals surface area contributed by atoms with E-state index in [0.29, 0.717) is 6.54 Å². The van der Waals surface area contributed by atoms with Crippen LogP contribution in [0.4, 0.5) is 0 Å². The lowest BCUT2D eigenvalue weighted by Crippen LogP contribution is -2.46. The van der Waals surface area contributed by atoms with Crippen LogP contribution in [0.2, 0.25) is 0 Å². The quantitative estimate of drug-likeness (QED) is 0.576. The molecule has 2 heterocycles. The number of carbonyl (C=O) groups is 1. The Morgan fingerprint density at radius 1 is 1.50 bits per heavy atom. The third-order valence-corrected chi connectivity index (χ3v) is 2.55. The zero-order valence-electron chi connectivity index (χ0n) is 9.07. The number of piperazine rings is 1. The number of rotatable bonds is 4. The molecule has 88 valence electrons. The van der Waals surface area contributed by atoms with Crippen molar-refractivity contribution >= 4 is 5.91 Å². The molecule has 0 unspecified atom stereocenters. The summed E-state index contributed by atoms with van der Waals surface area (Å²) in [5, 5.41) is 12.2. The van der Waals surface area contributed by atoms with Crippen molar-refractivity contribution in [3.05, 3.63) is 12.2 Å². The summed E-state index contributed by atoms with van der Waals surface area (Å²) in [5.74, 6) is 0.0629. The van der Waals surface area contributed by atoms with Crippen LogP contribution in [0.25, 0.3) is 0 Å². The van der Waals surface area contributed by atoms with Crippen LogP contribution in [-0.4, -0.2) is 65.3 Å². The van der Waals surface area contributed by atoms with Crippen molar-refractivity contribution in [2.75, 3.05) is 39.3 Å². The van der Waals surface area contributed by atoms with E-state index in [1.807, 2.05) is 0 Å². The molecule has 1 aliphatic heterocycles. The topological polar surface area (TPSA) is 85.9 Å². The molecule has 1 amide bonds. The van der Waals surface area contributed by atoms with Crippen LogP contribution in [0.15, 0.2) is 6.33 Å². The van der Waals surface area contributed by atoms with Gasteiger partial charge >= 0.3 is 0 Å². The van der Waals surface area contributed by atoms with Gasteiger partial charge < -0.3 is 10.6 Å². The summed E-state index contributed by atoms with van der Waals surface area (Å²) in [6.45, 7) is 5.64. The number of amides is 1. The third-order valence-electron chi connectivity index (χ3n) is 2.55. The standard InChI is InChI=1S/C9H16N6O/c16-9(8-12-7-13-14-8)11-3-6-15-4-1-10-2-5-15/h7,10H,1-6H2,(H,11,16)(H,12,13,14). The number of H-pyrrole nitrogens is 1. The van der Waals surface area contributed by atoms with E-state index in [1.165, 1.54) is 6.33 Å². The van der Waals surface area contributed by atoms with Gasteiger partial charge in [-0.3, -0.25) is 14.8 Å². The Hall–Kier alpha value is -1.47. The number of carbonyl (C=O) groups excluding carboxylic acids is 1. The molecule has 0 spiro atoms. The van der Waals surface area contributed by atoms with Gasteiger partial charge in [0.2, 0.25) is 5.82 Å². The fraction of sp³-hybridized carbons (Fsp3) is 0.667. The SMILES string of the molecule is O=C(NCCN1CCNCC1)c1ncn[nH]1. The van der Waals surface area contributed by atoms with Crippen LogP contribution in [0.3, 0.4) is 0 Å². The van der Waals surface area contributed by atoms with Crippen molar-refractivity contribution < 1.29 is 4.79 Å². The first kappa shape index (κ1) is 11.0. The largest absolute Gasteiger partial charge is 0.348 e. The van der Waals surface area contributed by atoms with Crippen LogP contribution < -0.4 is 10.6 Å². The summed E-state index contributed by atoms with van der Waals surface area (Å²) in [6, 6.07) is 0. The number of aromatic amines is 1. The van der Waals surface area contributed by atoms with Gasteiger partial charge in [0.05, 0.1) is 0 Å². The molecule has 0 atom stereocenters. The first-order valence-corrected chi connectivity index (χ1v) is 5.43.